The number of carbonyl (C=O) groups is 1. The predicted molar refractivity (Wildman–Crippen MR) is 81.5 cm³/mol. The first-order valence-electron chi connectivity index (χ1n) is 8.23. The Bertz CT molecular complexity index is 454. The van der Waals surface area contributed by atoms with Gasteiger partial charge in [-0.3, -0.25) is 4.79 Å². The summed E-state index contributed by atoms with van der Waals surface area (Å²) in [7, 11) is 0. The fourth-order valence-corrected chi connectivity index (χ4v) is 3.41. The minimum atomic E-state index is -0.188. The second-order valence-electron chi connectivity index (χ2n) is 6.22. The molecule has 0 aromatic heterocycles. The van der Waals surface area contributed by atoms with Gasteiger partial charge < -0.3 is 9.47 Å². The van der Waals surface area contributed by atoms with Gasteiger partial charge in [0.1, 0.15) is 5.75 Å². The van der Waals surface area contributed by atoms with Gasteiger partial charge in [-0.05, 0) is 49.3 Å². The molecule has 1 saturated heterocycles. The molecule has 3 nitrogen and oxygen atoms in total. The molecule has 21 heavy (non-hydrogen) atoms. The van der Waals surface area contributed by atoms with Crippen LogP contribution in [0.2, 0.25) is 0 Å². The first-order valence-corrected chi connectivity index (χ1v) is 8.23. The molecule has 1 aromatic carbocycles. The van der Waals surface area contributed by atoms with Crippen LogP contribution in [0.15, 0.2) is 24.3 Å². The monoisotopic (exact) mass is 288 g/mol. The van der Waals surface area contributed by atoms with E-state index >= 15 is 0 Å². The van der Waals surface area contributed by atoms with Crippen LogP contribution in [0.1, 0.15) is 62.8 Å². The van der Waals surface area contributed by atoms with Crippen LogP contribution < -0.4 is 4.74 Å². The highest BCUT2D eigenvalue weighted by Gasteiger charge is 2.20. The largest absolute Gasteiger partial charge is 0.426 e. The summed E-state index contributed by atoms with van der Waals surface area (Å²) in [5.74, 6) is 1.15. The van der Waals surface area contributed by atoms with Gasteiger partial charge in [-0.2, -0.15) is 0 Å². The van der Waals surface area contributed by atoms with Crippen LogP contribution in [0.25, 0.3) is 0 Å². The van der Waals surface area contributed by atoms with E-state index in [0.717, 1.165) is 19.4 Å². The Kier molecular flexibility index (Phi) is 4.91. The molecule has 1 aliphatic carbocycles. The number of hydrogen-bond donors (Lipinski definition) is 0. The molecule has 0 bridgehead atoms. The highest BCUT2D eigenvalue weighted by molar-refractivity contribution is 5.72. The molecule has 0 N–H and O–H groups in total. The van der Waals surface area contributed by atoms with Gasteiger partial charge in [0.25, 0.3) is 0 Å². The van der Waals surface area contributed by atoms with E-state index in [0.29, 0.717) is 18.1 Å². The lowest BCUT2D eigenvalue weighted by Crippen LogP contribution is -2.17. The first-order chi connectivity index (χ1) is 10.3. The van der Waals surface area contributed by atoms with Gasteiger partial charge >= 0.3 is 5.97 Å². The van der Waals surface area contributed by atoms with Crippen molar-refractivity contribution in [3.8, 4) is 5.75 Å². The van der Waals surface area contributed by atoms with Crippen LogP contribution in [0.4, 0.5) is 0 Å². The highest BCUT2D eigenvalue weighted by Crippen LogP contribution is 2.33. The fourth-order valence-electron chi connectivity index (χ4n) is 3.41. The van der Waals surface area contributed by atoms with Gasteiger partial charge in [0, 0.05) is 6.61 Å². The Morgan fingerprint density at radius 3 is 2.48 bits per heavy atom. The van der Waals surface area contributed by atoms with Crippen molar-refractivity contribution in [1.82, 2.24) is 0 Å². The van der Waals surface area contributed by atoms with E-state index < -0.39 is 0 Å². The lowest BCUT2D eigenvalue weighted by atomic mass is 9.84. The summed E-state index contributed by atoms with van der Waals surface area (Å²) < 4.78 is 10.9. The third-order valence-electron chi connectivity index (χ3n) is 4.61. The third kappa shape index (κ3) is 4.07. The molecule has 1 saturated carbocycles. The van der Waals surface area contributed by atoms with E-state index in [1.54, 1.807) is 0 Å². The average molecular weight is 288 g/mol. The van der Waals surface area contributed by atoms with Crippen molar-refractivity contribution in [3.05, 3.63) is 29.8 Å². The second-order valence-corrected chi connectivity index (χ2v) is 6.22. The zero-order chi connectivity index (χ0) is 14.5. The summed E-state index contributed by atoms with van der Waals surface area (Å²) in [6.07, 6.45) is 9.06. The topological polar surface area (TPSA) is 35.5 Å². The normalized spacial score (nSPS) is 23.1. The molecule has 1 heterocycles. The number of esters is 1. The van der Waals surface area contributed by atoms with E-state index in [4.69, 9.17) is 9.47 Å². The Hall–Kier alpha value is -1.35. The lowest BCUT2D eigenvalue weighted by Gasteiger charge is -2.22. The van der Waals surface area contributed by atoms with Crippen LogP contribution in [-0.2, 0) is 9.53 Å². The van der Waals surface area contributed by atoms with Crippen molar-refractivity contribution in [2.24, 2.45) is 0 Å². The van der Waals surface area contributed by atoms with Crippen LogP contribution in [-0.4, -0.2) is 18.7 Å². The molecule has 1 unspecified atom stereocenters. The van der Waals surface area contributed by atoms with Crippen molar-refractivity contribution in [3.63, 3.8) is 0 Å². The third-order valence-corrected chi connectivity index (χ3v) is 4.61. The smallest absolute Gasteiger partial charge is 0.313 e. The number of carbonyl (C=O) groups excluding carboxylic acids is 1. The van der Waals surface area contributed by atoms with Crippen molar-refractivity contribution in [2.75, 3.05) is 6.61 Å². The summed E-state index contributed by atoms with van der Waals surface area (Å²) in [5, 5.41) is 0. The molecule has 114 valence electrons. The average Bonchev–Trinajstić information content (AvgIpc) is 3.02. The van der Waals surface area contributed by atoms with Crippen molar-refractivity contribution in [1.29, 1.82) is 0 Å². The molecule has 1 atom stereocenters. The molecule has 0 spiro atoms. The SMILES string of the molecule is O=C(CC1CCCO1)Oc1ccc(C2CCCCC2)cc1. The van der Waals surface area contributed by atoms with Crippen molar-refractivity contribution in [2.45, 2.75) is 63.4 Å². The maximum atomic E-state index is 11.9. The molecule has 3 heteroatoms. The van der Waals surface area contributed by atoms with Gasteiger partial charge in [0.2, 0.25) is 0 Å². The van der Waals surface area contributed by atoms with E-state index in [9.17, 15) is 4.79 Å². The Balaban J connectivity index is 1.52. The van der Waals surface area contributed by atoms with Crippen molar-refractivity contribution < 1.29 is 14.3 Å². The molecule has 0 amide bonds. The number of hydrogen-bond acceptors (Lipinski definition) is 3. The summed E-state index contributed by atoms with van der Waals surface area (Å²) >= 11 is 0. The van der Waals surface area contributed by atoms with Crippen LogP contribution in [0, 0.1) is 0 Å². The second kappa shape index (κ2) is 7.08. The summed E-state index contributed by atoms with van der Waals surface area (Å²) in [6, 6.07) is 8.09. The Labute approximate surface area is 126 Å². The van der Waals surface area contributed by atoms with Crippen LogP contribution >= 0.6 is 0 Å². The van der Waals surface area contributed by atoms with Gasteiger partial charge in [-0.1, -0.05) is 31.4 Å². The summed E-state index contributed by atoms with van der Waals surface area (Å²) in [4.78, 5) is 11.9. The summed E-state index contributed by atoms with van der Waals surface area (Å²) in [5.41, 5.74) is 1.38. The maximum absolute atomic E-state index is 11.9. The molecular formula is C18H24O3. The molecule has 2 fully saturated rings. The van der Waals surface area contributed by atoms with Gasteiger partial charge in [-0.25, -0.2) is 0 Å². The predicted octanol–water partition coefficient (Wildman–Crippen LogP) is 4.21. The molecule has 0 radical (unpaired) electrons. The molecular weight excluding hydrogens is 264 g/mol. The number of ether oxygens (including phenoxy) is 2. The van der Waals surface area contributed by atoms with Crippen molar-refractivity contribution >= 4 is 5.97 Å². The lowest BCUT2D eigenvalue weighted by molar-refractivity contribution is -0.136. The first kappa shape index (κ1) is 14.6. The minimum Gasteiger partial charge on any atom is -0.426 e. The van der Waals surface area contributed by atoms with Crippen LogP contribution in [0.5, 0.6) is 5.75 Å². The van der Waals surface area contributed by atoms with Crippen LogP contribution in [0.3, 0.4) is 0 Å². The van der Waals surface area contributed by atoms with E-state index in [1.165, 1.54) is 37.7 Å². The van der Waals surface area contributed by atoms with Gasteiger partial charge in [0.05, 0.1) is 12.5 Å². The fraction of sp³-hybridized carbons (Fsp3) is 0.611. The molecule has 1 aromatic rings. The quantitative estimate of drug-likeness (QED) is 0.615. The Morgan fingerprint density at radius 1 is 1.05 bits per heavy atom. The number of rotatable bonds is 4. The van der Waals surface area contributed by atoms with E-state index in [1.807, 2.05) is 12.1 Å². The zero-order valence-corrected chi connectivity index (χ0v) is 12.6. The molecule has 1 aliphatic heterocycles. The molecule has 3 rings (SSSR count). The molecule has 2 aliphatic rings. The van der Waals surface area contributed by atoms with Gasteiger partial charge in [-0.15, -0.1) is 0 Å². The van der Waals surface area contributed by atoms with Gasteiger partial charge in [0.15, 0.2) is 0 Å². The maximum Gasteiger partial charge on any atom is 0.313 e. The highest BCUT2D eigenvalue weighted by atomic mass is 16.5. The summed E-state index contributed by atoms with van der Waals surface area (Å²) in [6.45, 7) is 0.772. The Morgan fingerprint density at radius 2 is 1.81 bits per heavy atom. The van der Waals surface area contributed by atoms with E-state index in [-0.39, 0.29) is 12.1 Å². The zero-order valence-electron chi connectivity index (χ0n) is 12.6. The minimum absolute atomic E-state index is 0.0546. The number of benzene rings is 1. The standard InChI is InChI=1S/C18H24O3/c19-18(13-17-7-4-12-20-17)21-16-10-8-15(9-11-16)14-5-2-1-3-6-14/h8-11,14,17H,1-7,12-13H2. The van der Waals surface area contributed by atoms with E-state index in [2.05, 4.69) is 12.1 Å².